The molecule has 0 atom stereocenters. The van der Waals surface area contributed by atoms with Crippen LogP contribution in [0.2, 0.25) is 0 Å². The summed E-state index contributed by atoms with van der Waals surface area (Å²) in [6.45, 7) is 0. The number of nitrogens with two attached hydrogens (primary N) is 1. The molecule has 6 heteroatoms. The molecule has 1 aliphatic rings. The van der Waals surface area contributed by atoms with Crippen LogP contribution in [0.3, 0.4) is 0 Å². The Morgan fingerprint density at radius 2 is 2.05 bits per heavy atom. The summed E-state index contributed by atoms with van der Waals surface area (Å²) in [5, 5.41) is 5.03. The molecule has 1 fully saturated rings. The molecule has 21 heavy (non-hydrogen) atoms. The van der Waals surface area contributed by atoms with Crippen molar-refractivity contribution in [2.24, 2.45) is 5.73 Å². The summed E-state index contributed by atoms with van der Waals surface area (Å²) >= 11 is 1.44. The molecule has 108 valence electrons. The fraction of sp³-hybridized carbons (Fsp3) is 0.333. The maximum Gasteiger partial charge on any atom is 0.268 e. The van der Waals surface area contributed by atoms with Gasteiger partial charge in [-0.1, -0.05) is 24.1 Å². The topological polar surface area (TPSA) is 64.9 Å². The molecule has 0 aliphatic heterocycles. The van der Waals surface area contributed by atoms with Gasteiger partial charge in [0.15, 0.2) is 5.82 Å². The van der Waals surface area contributed by atoms with Crippen LogP contribution in [0, 0.1) is 5.82 Å². The first-order valence-corrected chi connectivity index (χ1v) is 7.78. The van der Waals surface area contributed by atoms with E-state index in [0.717, 1.165) is 40.6 Å². The lowest BCUT2D eigenvalue weighted by Gasteiger charge is -2.17. The Bertz CT molecular complexity index is 804. The molecule has 4 nitrogen and oxygen atoms in total. The summed E-state index contributed by atoms with van der Waals surface area (Å²) in [6, 6.07) is 6.66. The molecule has 0 radical (unpaired) electrons. The molecular weight excluding hydrogens is 289 g/mol. The third-order valence-electron chi connectivity index (χ3n) is 4.06. The summed E-state index contributed by atoms with van der Waals surface area (Å²) in [5.41, 5.74) is 5.88. The van der Waals surface area contributed by atoms with Crippen LogP contribution >= 0.6 is 11.3 Å². The SMILES string of the molecule is NC1(c2noc(-c3cc4ccc(F)cc4s3)n2)CCCC1. The summed E-state index contributed by atoms with van der Waals surface area (Å²) in [6.07, 6.45) is 3.98. The van der Waals surface area contributed by atoms with E-state index in [2.05, 4.69) is 10.1 Å². The fourth-order valence-electron chi connectivity index (χ4n) is 2.87. The average molecular weight is 303 g/mol. The average Bonchev–Trinajstić information content (AvgIpc) is 3.15. The number of thiophene rings is 1. The van der Waals surface area contributed by atoms with Crippen LogP contribution in [0.5, 0.6) is 0 Å². The highest BCUT2D eigenvalue weighted by atomic mass is 32.1. The third-order valence-corrected chi connectivity index (χ3v) is 5.15. The van der Waals surface area contributed by atoms with Crippen LogP contribution in [-0.2, 0) is 5.54 Å². The van der Waals surface area contributed by atoms with Crippen molar-refractivity contribution in [2.75, 3.05) is 0 Å². The lowest BCUT2D eigenvalue weighted by molar-refractivity contribution is 0.373. The molecule has 1 aromatic carbocycles. The highest BCUT2D eigenvalue weighted by Crippen LogP contribution is 2.37. The van der Waals surface area contributed by atoms with Crippen LogP contribution in [-0.4, -0.2) is 10.1 Å². The van der Waals surface area contributed by atoms with Gasteiger partial charge in [0.25, 0.3) is 5.89 Å². The van der Waals surface area contributed by atoms with Gasteiger partial charge in [-0.3, -0.25) is 0 Å². The van der Waals surface area contributed by atoms with Gasteiger partial charge in [-0.15, -0.1) is 11.3 Å². The lowest BCUT2D eigenvalue weighted by Crippen LogP contribution is -2.34. The van der Waals surface area contributed by atoms with Crippen molar-refractivity contribution in [2.45, 2.75) is 31.2 Å². The Morgan fingerprint density at radius 1 is 1.24 bits per heavy atom. The quantitative estimate of drug-likeness (QED) is 0.781. The highest BCUT2D eigenvalue weighted by Gasteiger charge is 2.36. The van der Waals surface area contributed by atoms with E-state index in [-0.39, 0.29) is 5.82 Å². The van der Waals surface area contributed by atoms with Crippen molar-refractivity contribution >= 4 is 21.4 Å². The monoisotopic (exact) mass is 303 g/mol. The maximum absolute atomic E-state index is 13.2. The molecule has 0 bridgehead atoms. The fourth-order valence-corrected chi connectivity index (χ4v) is 3.88. The van der Waals surface area contributed by atoms with Gasteiger partial charge in [0.1, 0.15) is 5.82 Å². The minimum absolute atomic E-state index is 0.242. The molecule has 0 amide bonds. The maximum atomic E-state index is 13.2. The molecule has 2 heterocycles. The molecule has 2 N–H and O–H groups in total. The van der Waals surface area contributed by atoms with E-state index in [1.807, 2.05) is 6.07 Å². The van der Waals surface area contributed by atoms with Gasteiger partial charge in [-0.25, -0.2) is 4.39 Å². The molecule has 1 aliphatic carbocycles. The van der Waals surface area contributed by atoms with E-state index in [1.165, 1.54) is 23.5 Å². The van der Waals surface area contributed by atoms with Crippen molar-refractivity contribution < 1.29 is 8.91 Å². The van der Waals surface area contributed by atoms with E-state index in [1.54, 1.807) is 6.07 Å². The number of aromatic nitrogens is 2. The third kappa shape index (κ3) is 2.15. The largest absolute Gasteiger partial charge is 0.333 e. The number of hydrogen-bond acceptors (Lipinski definition) is 5. The van der Waals surface area contributed by atoms with E-state index >= 15 is 0 Å². The Morgan fingerprint density at radius 3 is 2.86 bits per heavy atom. The molecule has 2 aromatic heterocycles. The predicted molar refractivity (Wildman–Crippen MR) is 79.4 cm³/mol. The predicted octanol–water partition coefficient (Wildman–Crippen LogP) is 3.82. The number of rotatable bonds is 2. The summed E-state index contributed by atoms with van der Waals surface area (Å²) in [5.74, 6) is 0.802. The lowest BCUT2D eigenvalue weighted by atomic mass is 9.99. The molecule has 0 spiro atoms. The first-order valence-electron chi connectivity index (χ1n) is 6.97. The van der Waals surface area contributed by atoms with Crippen LogP contribution in [0.25, 0.3) is 20.9 Å². The Balaban J connectivity index is 1.73. The van der Waals surface area contributed by atoms with Crippen LogP contribution in [0.15, 0.2) is 28.8 Å². The number of benzene rings is 1. The Hall–Kier alpha value is -1.79. The molecule has 3 aromatic rings. The Kier molecular flexibility index (Phi) is 2.83. The van der Waals surface area contributed by atoms with Gasteiger partial charge in [-0.2, -0.15) is 4.98 Å². The van der Waals surface area contributed by atoms with Crippen LogP contribution in [0.4, 0.5) is 4.39 Å². The molecule has 1 saturated carbocycles. The number of halogens is 1. The van der Waals surface area contributed by atoms with Crippen LogP contribution < -0.4 is 5.73 Å². The van der Waals surface area contributed by atoms with Crippen molar-refractivity contribution in [3.8, 4) is 10.8 Å². The normalized spacial score (nSPS) is 17.6. The number of fused-ring (bicyclic) bond motifs is 1. The number of hydrogen-bond donors (Lipinski definition) is 1. The van der Waals surface area contributed by atoms with Gasteiger partial charge in [0.05, 0.1) is 10.4 Å². The standard InChI is InChI=1S/C15H14FN3OS/c16-10-4-3-9-7-12(21-11(9)8-10)13-18-14(19-20-13)15(17)5-1-2-6-15/h3-4,7-8H,1-2,5-6,17H2. The van der Waals surface area contributed by atoms with Crippen molar-refractivity contribution in [1.82, 2.24) is 10.1 Å². The van der Waals surface area contributed by atoms with Gasteiger partial charge < -0.3 is 10.3 Å². The molecule has 4 rings (SSSR count). The molecule has 0 unspecified atom stereocenters. The minimum atomic E-state index is -0.454. The highest BCUT2D eigenvalue weighted by molar-refractivity contribution is 7.22. The summed E-state index contributed by atoms with van der Waals surface area (Å²) < 4.78 is 19.5. The summed E-state index contributed by atoms with van der Waals surface area (Å²) in [4.78, 5) is 5.31. The summed E-state index contributed by atoms with van der Waals surface area (Å²) in [7, 11) is 0. The van der Waals surface area contributed by atoms with Gasteiger partial charge in [0, 0.05) is 4.70 Å². The van der Waals surface area contributed by atoms with Gasteiger partial charge >= 0.3 is 0 Å². The molecule has 0 saturated heterocycles. The number of nitrogens with zero attached hydrogens (tertiary/aromatic N) is 2. The van der Waals surface area contributed by atoms with E-state index in [9.17, 15) is 4.39 Å². The first kappa shape index (κ1) is 12.9. The Labute approximate surface area is 124 Å². The van der Waals surface area contributed by atoms with E-state index in [4.69, 9.17) is 10.3 Å². The first-order chi connectivity index (χ1) is 10.1. The van der Waals surface area contributed by atoms with Crippen molar-refractivity contribution in [3.63, 3.8) is 0 Å². The van der Waals surface area contributed by atoms with Crippen molar-refractivity contribution in [3.05, 3.63) is 35.9 Å². The van der Waals surface area contributed by atoms with E-state index in [0.29, 0.717) is 11.7 Å². The molecular formula is C15H14FN3OS. The zero-order valence-electron chi connectivity index (χ0n) is 11.3. The second kappa shape index (κ2) is 4.61. The van der Waals surface area contributed by atoms with E-state index < -0.39 is 5.54 Å². The second-order valence-electron chi connectivity index (χ2n) is 5.58. The zero-order chi connectivity index (χ0) is 14.4. The minimum Gasteiger partial charge on any atom is -0.333 e. The van der Waals surface area contributed by atoms with Gasteiger partial charge in [-0.05, 0) is 36.4 Å². The zero-order valence-corrected chi connectivity index (χ0v) is 12.1. The smallest absolute Gasteiger partial charge is 0.268 e. The van der Waals surface area contributed by atoms with Gasteiger partial charge in [0.2, 0.25) is 0 Å². The van der Waals surface area contributed by atoms with Crippen molar-refractivity contribution in [1.29, 1.82) is 0 Å². The van der Waals surface area contributed by atoms with Crippen LogP contribution in [0.1, 0.15) is 31.5 Å². The second-order valence-corrected chi connectivity index (χ2v) is 6.66.